The summed E-state index contributed by atoms with van der Waals surface area (Å²) >= 11 is 0. The lowest BCUT2D eigenvalue weighted by molar-refractivity contribution is 0.745. The van der Waals surface area contributed by atoms with Crippen LogP contribution in [-0.4, -0.2) is 16.5 Å². The Balaban J connectivity index is 2.09. The molecule has 3 heteroatoms. The van der Waals surface area contributed by atoms with Crippen LogP contribution in [0, 0.1) is 0 Å². The van der Waals surface area contributed by atoms with Crippen LogP contribution < -0.4 is 4.90 Å². The highest BCUT2D eigenvalue weighted by molar-refractivity contribution is 5.31. The molecular formula is C13H17N3. The van der Waals surface area contributed by atoms with E-state index in [4.69, 9.17) is 0 Å². The van der Waals surface area contributed by atoms with Crippen molar-refractivity contribution in [3.63, 3.8) is 0 Å². The number of hydrogen-bond donors (Lipinski definition) is 1. The average molecular weight is 215 g/mol. The van der Waals surface area contributed by atoms with Gasteiger partial charge in [-0.05, 0) is 12.0 Å². The number of nitrogens with one attached hydrogen (secondary N) is 1. The van der Waals surface area contributed by atoms with Crippen LogP contribution in [0.4, 0.5) is 5.95 Å². The SMILES string of the molecule is CCCN(Cc1ccccc1)c1ncc[nH]1. The summed E-state index contributed by atoms with van der Waals surface area (Å²) in [6.07, 6.45) is 4.78. The van der Waals surface area contributed by atoms with E-state index in [2.05, 4.69) is 46.1 Å². The molecule has 0 aliphatic rings. The van der Waals surface area contributed by atoms with Gasteiger partial charge in [-0.25, -0.2) is 4.98 Å². The molecule has 0 saturated heterocycles. The van der Waals surface area contributed by atoms with Gasteiger partial charge in [0, 0.05) is 25.5 Å². The molecule has 1 N–H and O–H groups in total. The van der Waals surface area contributed by atoms with Crippen LogP contribution >= 0.6 is 0 Å². The molecule has 2 rings (SSSR count). The van der Waals surface area contributed by atoms with E-state index in [0.29, 0.717) is 0 Å². The zero-order valence-electron chi connectivity index (χ0n) is 9.56. The number of anilines is 1. The largest absolute Gasteiger partial charge is 0.338 e. The smallest absolute Gasteiger partial charge is 0.203 e. The Hall–Kier alpha value is -1.77. The fourth-order valence-electron chi connectivity index (χ4n) is 1.76. The zero-order valence-corrected chi connectivity index (χ0v) is 9.56. The first-order chi connectivity index (χ1) is 7.90. The van der Waals surface area contributed by atoms with E-state index in [-0.39, 0.29) is 0 Å². The fraction of sp³-hybridized carbons (Fsp3) is 0.308. The number of hydrogen-bond acceptors (Lipinski definition) is 2. The second kappa shape index (κ2) is 5.35. The van der Waals surface area contributed by atoms with Crippen LogP contribution in [0.15, 0.2) is 42.7 Å². The number of nitrogens with zero attached hydrogens (tertiary/aromatic N) is 2. The van der Waals surface area contributed by atoms with Crippen molar-refractivity contribution in [1.29, 1.82) is 0 Å². The predicted octanol–water partition coefficient (Wildman–Crippen LogP) is 2.83. The monoisotopic (exact) mass is 215 g/mol. The van der Waals surface area contributed by atoms with Crippen molar-refractivity contribution in [3.8, 4) is 0 Å². The van der Waals surface area contributed by atoms with Gasteiger partial charge in [-0.15, -0.1) is 0 Å². The number of aromatic amines is 1. The number of imidazole rings is 1. The summed E-state index contributed by atoms with van der Waals surface area (Å²) in [6, 6.07) is 10.5. The van der Waals surface area contributed by atoms with Crippen LogP contribution in [0.1, 0.15) is 18.9 Å². The molecule has 2 aromatic rings. The Morgan fingerprint density at radius 3 is 2.69 bits per heavy atom. The third kappa shape index (κ3) is 2.63. The van der Waals surface area contributed by atoms with Gasteiger partial charge >= 0.3 is 0 Å². The first-order valence-corrected chi connectivity index (χ1v) is 5.68. The summed E-state index contributed by atoms with van der Waals surface area (Å²) in [5.74, 6) is 0.950. The van der Waals surface area contributed by atoms with Crippen molar-refractivity contribution in [2.24, 2.45) is 0 Å². The summed E-state index contributed by atoms with van der Waals surface area (Å²) < 4.78 is 0. The van der Waals surface area contributed by atoms with E-state index in [1.54, 1.807) is 6.20 Å². The quantitative estimate of drug-likeness (QED) is 0.831. The highest BCUT2D eigenvalue weighted by Gasteiger charge is 2.07. The maximum Gasteiger partial charge on any atom is 0.203 e. The van der Waals surface area contributed by atoms with Crippen molar-refractivity contribution < 1.29 is 0 Å². The topological polar surface area (TPSA) is 31.9 Å². The van der Waals surface area contributed by atoms with Gasteiger partial charge in [-0.3, -0.25) is 0 Å². The van der Waals surface area contributed by atoms with E-state index < -0.39 is 0 Å². The second-order valence-electron chi connectivity index (χ2n) is 3.82. The van der Waals surface area contributed by atoms with Crippen LogP contribution in [0.25, 0.3) is 0 Å². The van der Waals surface area contributed by atoms with Gasteiger partial charge in [0.2, 0.25) is 5.95 Å². The van der Waals surface area contributed by atoms with Crippen molar-refractivity contribution in [2.75, 3.05) is 11.4 Å². The number of aromatic nitrogens is 2. The first kappa shape index (κ1) is 10.7. The molecule has 0 aliphatic heterocycles. The molecular weight excluding hydrogens is 198 g/mol. The molecule has 0 aliphatic carbocycles. The molecule has 84 valence electrons. The van der Waals surface area contributed by atoms with Gasteiger partial charge in [0.05, 0.1) is 0 Å². The normalized spacial score (nSPS) is 10.3. The summed E-state index contributed by atoms with van der Waals surface area (Å²) in [7, 11) is 0. The highest BCUT2D eigenvalue weighted by Crippen LogP contribution is 2.11. The van der Waals surface area contributed by atoms with E-state index in [1.165, 1.54) is 5.56 Å². The lowest BCUT2D eigenvalue weighted by atomic mass is 10.2. The standard InChI is InChI=1S/C13H17N3/c1-2-10-16(13-14-8-9-15-13)11-12-6-4-3-5-7-12/h3-9H,2,10-11H2,1H3,(H,14,15). The van der Waals surface area contributed by atoms with Gasteiger partial charge < -0.3 is 9.88 Å². The minimum atomic E-state index is 0.905. The van der Waals surface area contributed by atoms with E-state index in [9.17, 15) is 0 Å². The highest BCUT2D eigenvalue weighted by atomic mass is 15.2. The number of rotatable bonds is 5. The number of benzene rings is 1. The molecule has 0 atom stereocenters. The van der Waals surface area contributed by atoms with E-state index in [1.807, 2.05) is 12.3 Å². The fourth-order valence-corrected chi connectivity index (χ4v) is 1.76. The summed E-state index contributed by atoms with van der Waals surface area (Å²) in [5.41, 5.74) is 1.31. The van der Waals surface area contributed by atoms with Gasteiger partial charge in [0.1, 0.15) is 0 Å². The van der Waals surface area contributed by atoms with Gasteiger partial charge in [-0.2, -0.15) is 0 Å². The summed E-state index contributed by atoms with van der Waals surface area (Å²) in [6.45, 7) is 4.10. The maximum atomic E-state index is 4.30. The van der Waals surface area contributed by atoms with Gasteiger partial charge in [0.15, 0.2) is 0 Å². The molecule has 3 nitrogen and oxygen atoms in total. The van der Waals surface area contributed by atoms with Crippen molar-refractivity contribution in [3.05, 3.63) is 48.3 Å². The maximum absolute atomic E-state index is 4.30. The zero-order chi connectivity index (χ0) is 11.2. The summed E-state index contributed by atoms with van der Waals surface area (Å²) in [5, 5.41) is 0. The Morgan fingerprint density at radius 1 is 1.25 bits per heavy atom. The summed E-state index contributed by atoms with van der Waals surface area (Å²) in [4.78, 5) is 9.72. The Labute approximate surface area is 96.1 Å². The average Bonchev–Trinajstić information content (AvgIpc) is 2.83. The molecule has 1 heterocycles. The molecule has 1 aromatic carbocycles. The van der Waals surface area contributed by atoms with E-state index >= 15 is 0 Å². The first-order valence-electron chi connectivity index (χ1n) is 5.68. The molecule has 0 amide bonds. The van der Waals surface area contributed by atoms with E-state index in [0.717, 1.165) is 25.5 Å². The second-order valence-corrected chi connectivity index (χ2v) is 3.82. The lowest BCUT2D eigenvalue weighted by Crippen LogP contribution is -2.24. The molecule has 0 spiro atoms. The lowest BCUT2D eigenvalue weighted by Gasteiger charge is -2.21. The molecule has 16 heavy (non-hydrogen) atoms. The van der Waals surface area contributed by atoms with Crippen LogP contribution in [0.3, 0.4) is 0 Å². The molecule has 0 bridgehead atoms. The Kier molecular flexibility index (Phi) is 3.59. The third-order valence-corrected chi connectivity index (χ3v) is 2.49. The Bertz CT molecular complexity index is 394. The third-order valence-electron chi connectivity index (χ3n) is 2.49. The number of H-pyrrole nitrogens is 1. The molecule has 0 radical (unpaired) electrons. The molecule has 0 saturated carbocycles. The minimum absolute atomic E-state index is 0.905. The minimum Gasteiger partial charge on any atom is -0.338 e. The molecule has 0 fully saturated rings. The van der Waals surface area contributed by atoms with Crippen LogP contribution in [0.2, 0.25) is 0 Å². The van der Waals surface area contributed by atoms with Crippen LogP contribution in [0.5, 0.6) is 0 Å². The van der Waals surface area contributed by atoms with Gasteiger partial charge in [-0.1, -0.05) is 37.3 Å². The van der Waals surface area contributed by atoms with Crippen LogP contribution in [-0.2, 0) is 6.54 Å². The van der Waals surface area contributed by atoms with Crippen molar-refractivity contribution >= 4 is 5.95 Å². The van der Waals surface area contributed by atoms with Crippen molar-refractivity contribution in [2.45, 2.75) is 19.9 Å². The van der Waals surface area contributed by atoms with Crippen molar-refractivity contribution in [1.82, 2.24) is 9.97 Å². The predicted molar refractivity (Wildman–Crippen MR) is 66.4 cm³/mol. The molecule has 1 aromatic heterocycles. The van der Waals surface area contributed by atoms with Gasteiger partial charge in [0.25, 0.3) is 0 Å². The Morgan fingerprint density at radius 2 is 2.06 bits per heavy atom. The molecule has 0 unspecified atom stereocenters.